The van der Waals surface area contributed by atoms with E-state index in [0.29, 0.717) is 24.5 Å². The van der Waals surface area contributed by atoms with Gasteiger partial charge < -0.3 is 14.4 Å². The van der Waals surface area contributed by atoms with Crippen LogP contribution in [-0.4, -0.2) is 43.9 Å². The standard InChI is InChI=1S/C13H18BrNO3/c1-15(7-6-14)13(16)9-10-4-5-11(17-2)12(8-10)18-3/h4-5,8H,6-7,9H2,1-3H3. The normalized spacial score (nSPS) is 10.0. The largest absolute Gasteiger partial charge is 0.493 e. The number of likely N-dealkylation sites (N-methyl/N-ethyl adjacent to an activating group) is 1. The van der Waals surface area contributed by atoms with E-state index in [1.807, 2.05) is 18.2 Å². The van der Waals surface area contributed by atoms with Crippen LogP contribution in [0.3, 0.4) is 0 Å². The van der Waals surface area contributed by atoms with Gasteiger partial charge in [0, 0.05) is 18.9 Å². The number of ether oxygens (including phenoxy) is 2. The molecule has 0 atom stereocenters. The first kappa shape index (κ1) is 14.8. The van der Waals surface area contributed by atoms with Gasteiger partial charge in [0.1, 0.15) is 0 Å². The van der Waals surface area contributed by atoms with Crippen LogP contribution in [0.1, 0.15) is 5.56 Å². The monoisotopic (exact) mass is 315 g/mol. The van der Waals surface area contributed by atoms with Crippen molar-refractivity contribution in [3.63, 3.8) is 0 Å². The quantitative estimate of drug-likeness (QED) is 0.755. The van der Waals surface area contributed by atoms with E-state index in [1.54, 1.807) is 26.2 Å². The van der Waals surface area contributed by atoms with Crippen LogP contribution in [0.2, 0.25) is 0 Å². The molecule has 18 heavy (non-hydrogen) atoms. The Kier molecular flexibility index (Phi) is 5.98. The average Bonchev–Trinajstić information content (AvgIpc) is 2.38. The Balaban J connectivity index is 2.76. The van der Waals surface area contributed by atoms with Gasteiger partial charge in [0.15, 0.2) is 11.5 Å². The zero-order chi connectivity index (χ0) is 13.5. The van der Waals surface area contributed by atoms with Crippen LogP contribution in [-0.2, 0) is 11.2 Å². The van der Waals surface area contributed by atoms with Crippen molar-refractivity contribution in [1.82, 2.24) is 4.90 Å². The minimum atomic E-state index is 0.0849. The summed E-state index contributed by atoms with van der Waals surface area (Å²) in [4.78, 5) is 13.6. The number of alkyl halides is 1. The van der Waals surface area contributed by atoms with Crippen molar-refractivity contribution in [1.29, 1.82) is 0 Å². The minimum absolute atomic E-state index is 0.0849. The fourth-order valence-electron chi connectivity index (χ4n) is 1.55. The second-order valence-corrected chi connectivity index (χ2v) is 4.66. The molecule has 1 aromatic rings. The maximum absolute atomic E-state index is 11.9. The molecule has 0 spiro atoms. The number of nitrogens with zero attached hydrogens (tertiary/aromatic N) is 1. The number of rotatable bonds is 6. The lowest BCUT2D eigenvalue weighted by molar-refractivity contribution is -0.128. The number of hydrogen-bond donors (Lipinski definition) is 0. The van der Waals surface area contributed by atoms with Crippen LogP contribution >= 0.6 is 15.9 Å². The van der Waals surface area contributed by atoms with Crippen LogP contribution in [0.4, 0.5) is 0 Å². The second kappa shape index (κ2) is 7.26. The highest BCUT2D eigenvalue weighted by atomic mass is 79.9. The van der Waals surface area contributed by atoms with Crippen LogP contribution in [0, 0.1) is 0 Å². The van der Waals surface area contributed by atoms with E-state index in [-0.39, 0.29) is 5.91 Å². The predicted molar refractivity (Wildman–Crippen MR) is 74.7 cm³/mol. The van der Waals surface area contributed by atoms with Crippen molar-refractivity contribution in [3.05, 3.63) is 23.8 Å². The van der Waals surface area contributed by atoms with Gasteiger partial charge in [-0.15, -0.1) is 0 Å². The molecular formula is C13H18BrNO3. The van der Waals surface area contributed by atoms with Crippen molar-refractivity contribution in [3.8, 4) is 11.5 Å². The maximum atomic E-state index is 11.9. The van der Waals surface area contributed by atoms with Gasteiger partial charge >= 0.3 is 0 Å². The number of amides is 1. The smallest absolute Gasteiger partial charge is 0.226 e. The summed E-state index contributed by atoms with van der Waals surface area (Å²) >= 11 is 3.31. The molecule has 1 rings (SSSR count). The third-order valence-corrected chi connectivity index (χ3v) is 3.00. The highest BCUT2D eigenvalue weighted by Crippen LogP contribution is 2.27. The molecule has 100 valence electrons. The first-order valence-electron chi connectivity index (χ1n) is 5.63. The summed E-state index contributed by atoms with van der Waals surface area (Å²) in [7, 11) is 4.97. The Hall–Kier alpha value is -1.23. The fraction of sp³-hybridized carbons (Fsp3) is 0.462. The van der Waals surface area contributed by atoms with E-state index >= 15 is 0 Å². The van der Waals surface area contributed by atoms with Gasteiger partial charge in [-0.25, -0.2) is 0 Å². The van der Waals surface area contributed by atoms with E-state index in [0.717, 1.165) is 10.9 Å². The van der Waals surface area contributed by atoms with Gasteiger partial charge in [0.25, 0.3) is 0 Å². The third-order valence-electron chi connectivity index (χ3n) is 2.65. The Morgan fingerprint density at radius 1 is 1.28 bits per heavy atom. The molecule has 5 heteroatoms. The SMILES string of the molecule is COc1ccc(CC(=O)N(C)CCBr)cc1OC. The molecule has 0 saturated carbocycles. The third kappa shape index (κ3) is 3.91. The van der Waals surface area contributed by atoms with E-state index in [2.05, 4.69) is 15.9 Å². The summed E-state index contributed by atoms with van der Waals surface area (Å²) in [6, 6.07) is 5.52. The maximum Gasteiger partial charge on any atom is 0.226 e. The first-order chi connectivity index (χ1) is 8.62. The molecule has 0 bridgehead atoms. The molecule has 0 radical (unpaired) electrons. The summed E-state index contributed by atoms with van der Waals surface area (Å²) in [5.74, 6) is 1.40. The molecule has 0 N–H and O–H groups in total. The van der Waals surface area contributed by atoms with Gasteiger partial charge in [-0.3, -0.25) is 4.79 Å². The number of benzene rings is 1. The lowest BCUT2D eigenvalue weighted by atomic mass is 10.1. The number of carbonyl (C=O) groups excluding carboxylic acids is 1. The van der Waals surface area contributed by atoms with Gasteiger partial charge in [-0.1, -0.05) is 22.0 Å². The molecule has 0 aliphatic rings. The van der Waals surface area contributed by atoms with Gasteiger partial charge in [0.05, 0.1) is 20.6 Å². The van der Waals surface area contributed by atoms with Crippen LogP contribution in [0.15, 0.2) is 18.2 Å². The number of carbonyl (C=O) groups is 1. The predicted octanol–water partition coefficient (Wildman–Crippen LogP) is 2.10. The minimum Gasteiger partial charge on any atom is -0.493 e. The van der Waals surface area contributed by atoms with E-state index in [9.17, 15) is 4.79 Å². The molecule has 0 aromatic heterocycles. The van der Waals surface area contributed by atoms with Crippen molar-refractivity contribution in [2.24, 2.45) is 0 Å². The summed E-state index contributed by atoms with van der Waals surface area (Å²) < 4.78 is 10.4. The van der Waals surface area contributed by atoms with Crippen molar-refractivity contribution in [2.45, 2.75) is 6.42 Å². The summed E-state index contributed by atoms with van der Waals surface area (Å²) in [6.07, 6.45) is 0.365. The number of hydrogen-bond acceptors (Lipinski definition) is 3. The Labute approximate surface area is 116 Å². The molecule has 0 heterocycles. The lowest BCUT2D eigenvalue weighted by Crippen LogP contribution is -2.29. The Morgan fingerprint density at radius 2 is 1.94 bits per heavy atom. The van der Waals surface area contributed by atoms with Crippen molar-refractivity contribution in [2.75, 3.05) is 33.1 Å². The zero-order valence-corrected chi connectivity index (χ0v) is 12.5. The Morgan fingerprint density at radius 3 is 2.50 bits per heavy atom. The second-order valence-electron chi connectivity index (χ2n) is 3.87. The number of methoxy groups -OCH3 is 2. The molecule has 0 fully saturated rings. The molecule has 0 aliphatic carbocycles. The molecular weight excluding hydrogens is 298 g/mol. The summed E-state index contributed by atoms with van der Waals surface area (Å²) in [5, 5.41) is 0.779. The summed E-state index contributed by atoms with van der Waals surface area (Å²) in [6.45, 7) is 0.701. The average molecular weight is 316 g/mol. The fourth-order valence-corrected chi connectivity index (χ4v) is 2.08. The first-order valence-corrected chi connectivity index (χ1v) is 6.75. The molecule has 0 unspecified atom stereocenters. The van der Waals surface area contributed by atoms with Crippen LogP contribution < -0.4 is 9.47 Å². The molecule has 1 aromatic carbocycles. The molecule has 4 nitrogen and oxygen atoms in total. The van der Waals surface area contributed by atoms with Crippen LogP contribution in [0.5, 0.6) is 11.5 Å². The van der Waals surface area contributed by atoms with Gasteiger partial charge in [-0.05, 0) is 17.7 Å². The van der Waals surface area contributed by atoms with E-state index < -0.39 is 0 Å². The van der Waals surface area contributed by atoms with Gasteiger partial charge in [-0.2, -0.15) is 0 Å². The zero-order valence-electron chi connectivity index (χ0n) is 10.9. The molecule has 0 saturated heterocycles. The highest BCUT2D eigenvalue weighted by Gasteiger charge is 2.11. The van der Waals surface area contributed by atoms with Crippen LogP contribution in [0.25, 0.3) is 0 Å². The van der Waals surface area contributed by atoms with Gasteiger partial charge in [0.2, 0.25) is 5.91 Å². The number of halogens is 1. The summed E-state index contributed by atoms with van der Waals surface area (Å²) in [5.41, 5.74) is 0.916. The molecule has 0 aliphatic heterocycles. The van der Waals surface area contributed by atoms with E-state index in [4.69, 9.17) is 9.47 Å². The molecule has 1 amide bonds. The van der Waals surface area contributed by atoms with Crippen molar-refractivity contribution < 1.29 is 14.3 Å². The van der Waals surface area contributed by atoms with E-state index in [1.165, 1.54) is 0 Å². The highest BCUT2D eigenvalue weighted by molar-refractivity contribution is 9.09. The lowest BCUT2D eigenvalue weighted by Gasteiger charge is -2.16. The van der Waals surface area contributed by atoms with Crippen molar-refractivity contribution >= 4 is 21.8 Å². The Bertz CT molecular complexity index is 409. The topological polar surface area (TPSA) is 38.8 Å².